The van der Waals surface area contributed by atoms with E-state index < -0.39 is 0 Å². The average molecular weight is 199 g/mol. The predicted molar refractivity (Wildman–Crippen MR) is 61.6 cm³/mol. The van der Waals surface area contributed by atoms with Crippen molar-refractivity contribution < 1.29 is 0 Å². The molecule has 84 valence electrons. The van der Waals surface area contributed by atoms with Crippen molar-refractivity contribution >= 4 is 0 Å². The standard InChI is InChI=1S/C11H25N3/c1-13(2)9-6-12-10-11-4-7-14(3)8-5-11/h11-12H,4-10H2,1-3H3. The van der Waals surface area contributed by atoms with Crippen LogP contribution in [0.4, 0.5) is 0 Å². The Kier molecular flexibility index (Phi) is 5.45. The summed E-state index contributed by atoms with van der Waals surface area (Å²) in [6, 6.07) is 0. The minimum Gasteiger partial charge on any atom is -0.315 e. The summed E-state index contributed by atoms with van der Waals surface area (Å²) in [6.45, 7) is 6.04. The summed E-state index contributed by atoms with van der Waals surface area (Å²) in [7, 11) is 6.46. The summed E-state index contributed by atoms with van der Waals surface area (Å²) in [4.78, 5) is 4.65. The fraction of sp³-hybridized carbons (Fsp3) is 1.00. The molecular weight excluding hydrogens is 174 g/mol. The Hall–Kier alpha value is -0.120. The summed E-state index contributed by atoms with van der Waals surface area (Å²) in [5.74, 6) is 0.911. The van der Waals surface area contributed by atoms with Crippen LogP contribution < -0.4 is 5.32 Å². The maximum atomic E-state index is 3.54. The van der Waals surface area contributed by atoms with E-state index in [2.05, 4.69) is 36.3 Å². The van der Waals surface area contributed by atoms with Crippen LogP contribution in [0.5, 0.6) is 0 Å². The van der Waals surface area contributed by atoms with Crippen molar-refractivity contribution in [1.82, 2.24) is 15.1 Å². The summed E-state index contributed by atoms with van der Waals surface area (Å²) < 4.78 is 0. The van der Waals surface area contributed by atoms with Crippen LogP contribution in [0.15, 0.2) is 0 Å². The second-order valence-electron chi connectivity index (χ2n) is 4.75. The van der Waals surface area contributed by atoms with Crippen molar-refractivity contribution in [1.29, 1.82) is 0 Å². The van der Waals surface area contributed by atoms with E-state index in [0.29, 0.717) is 0 Å². The molecule has 0 saturated carbocycles. The molecule has 0 aromatic rings. The fourth-order valence-corrected chi connectivity index (χ4v) is 1.88. The van der Waals surface area contributed by atoms with Gasteiger partial charge >= 0.3 is 0 Å². The van der Waals surface area contributed by atoms with Gasteiger partial charge in [0.2, 0.25) is 0 Å². The van der Waals surface area contributed by atoms with Crippen molar-refractivity contribution in [3.63, 3.8) is 0 Å². The van der Waals surface area contributed by atoms with Crippen LogP contribution >= 0.6 is 0 Å². The number of likely N-dealkylation sites (tertiary alicyclic amines) is 1. The van der Waals surface area contributed by atoms with E-state index >= 15 is 0 Å². The third-order valence-corrected chi connectivity index (χ3v) is 3.01. The van der Waals surface area contributed by atoms with Gasteiger partial charge in [-0.25, -0.2) is 0 Å². The van der Waals surface area contributed by atoms with Gasteiger partial charge in [0.25, 0.3) is 0 Å². The van der Waals surface area contributed by atoms with Gasteiger partial charge in [0.1, 0.15) is 0 Å². The van der Waals surface area contributed by atoms with E-state index in [1.54, 1.807) is 0 Å². The fourth-order valence-electron chi connectivity index (χ4n) is 1.88. The molecule has 1 saturated heterocycles. The van der Waals surface area contributed by atoms with Crippen LogP contribution in [0.3, 0.4) is 0 Å². The third kappa shape index (κ3) is 4.94. The molecule has 0 aromatic heterocycles. The van der Waals surface area contributed by atoms with Crippen molar-refractivity contribution in [3.05, 3.63) is 0 Å². The Labute approximate surface area is 88.5 Å². The second-order valence-corrected chi connectivity index (χ2v) is 4.75. The highest BCUT2D eigenvalue weighted by molar-refractivity contribution is 4.71. The maximum Gasteiger partial charge on any atom is 0.0101 e. The number of hydrogen-bond acceptors (Lipinski definition) is 3. The molecule has 0 bridgehead atoms. The van der Waals surface area contributed by atoms with Crippen molar-refractivity contribution in [2.75, 3.05) is 53.9 Å². The molecule has 0 amide bonds. The summed E-state index contributed by atoms with van der Waals surface area (Å²) in [5, 5.41) is 3.54. The number of nitrogens with zero attached hydrogens (tertiary/aromatic N) is 2. The molecule has 0 atom stereocenters. The molecule has 1 heterocycles. The Morgan fingerprint density at radius 2 is 1.93 bits per heavy atom. The quantitative estimate of drug-likeness (QED) is 0.650. The molecule has 14 heavy (non-hydrogen) atoms. The van der Waals surface area contributed by atoms with Gasteiger partial charge in [-0.1, -0.05) is 0 Å². The second kappa shape index (κ2) is 6.38. The van der Waals surface area contributed by atoms with Gasteiger partial charge in [0.05, 0.1) is 0 Å². The van der Waals surface area contributed by atoms with E-state index in [-0.39, 0.29) is 0 Å². The lowest BCUT2D eigenvalue weighted by atomic mass is 9.97. The molecule has 0 spiro atoms. The number of hydrogen-bond donors (Lipinski definition) is 1. The first-order chi connectivity index (χ1) is 6.68. The van der Waals surface area contributed by atoms with Gasteiger partial charge in [-0.3, -0.25) is 0 Å². The average Bonchev–Trinajstić information content (AvgIpc) is 2.15. The molecule has 1 fully saturated rings. The van der Waals surface area contributed by atoms with Crippen molar-refractivity contribution in [2.45, 2.75) is 12.8 Å². The zero-order valence-electron chi connectivity index (χ0n) is 9.92. The third-order valence-electron chi connectivity index (χ3n) is 3.01. The molecule has 1 aliphatic rings. The van der Waals surface area contributed by atoms with Crippen molar-refractivity contribution in [2.24, 2.45) is 5.92 Å². The van der Waals surface area contributed by atoms with E-state index in [0.717, 1.165) is 19.0 Å². The van der Waals surface area contributed by atoms with Crippen LogP contribution in [-0.2, 0) is 0 Å². The van der Waals surface area contributed by atoms with E-state index in [9.17, 15) is 0 Å². The Balaban J connectivity index is 1.96. The summed E-state index contributed by atoms with van der Waals surface area (Å²) in [5.41, 5.74) is 0. The Morgan fingerprint density at radius 1 is 1.29 bits per heavy atom. The first-order valence-corrected chi connectivity index (χ1v) is 5.72. The van der Waals surface area contributed by atoms with Crippen LogP contribution in [0.2, 0.25) is 0 Å². The first-order valence-electron chi connectivity index (χ1n) is 5.72. The molecule has 1 rings (SSSR count). The van der Waals surface area contributed by atoms with Gasteiger partial charge in [-0.2, -0.15) is 0 Å². The molecule has 1 aliphatic heterocycles. The molecule has 3 heteroatoms. The first kappa shape index (κ1) is 12.0. The Morgan fingerprint density at radius 3 is 2.50 bits per heavy atom. The molecule has 0 aliphatic carbocycles. The highest BCUT2D eigenvalue weighted by Gasteiger charge is 2.15. The molecule has 0 aromatic carbocycles. The van der Waals surface area contributed by atoms with Crippen LogP contribution in [0.1, 0.15) is 12.8 Å². The van der Waals surface area contributed by atoms with Crippen molar-refractivity contribution in [3.8, 4) is 0 Å². The van der Waals surface area contributed by atoms with Crippen LogP contribution in [0, 0.1) is 5.92 Å². The molecule has 1 N–H and O–H groups in total. The predicted octanol–water partition coefficient (Wildman–Crippen LogP) is 0.479. The van der Waals surface area contributed by atoms with Gasteiger partial charge < -0.3 is 15.1 Å². The van der Waals surface area contributed by atoms with E-state index in [1.165, 1.54) is 32.5 Å². The van der Waals surface area contributed by atoms with Gasteiger partial charge in [-0.15, -0.1) is 0 Å². The minimum absolute atomic E-state index is 0.911. The smallest absolute Gasteiger partial charge is 0.0101 e. The largest absolute Gasteiger partial charge is 0.315 e. The highest BCUT2D eigenvalue weighted by Crippen LogP contribution is 2.14. The molecular formula is C11H25N3. The zero-order chi connectivity index (χ0) is 10.4. The minimum atomic E-state index is 0.911. The molecule has 3 nitrogen and oxygen atoms in total. The maximum absolute atomic E-state index is 3.54. The number of rotatable bonds is 5. The lowest BCUT2D eigenvalue weighted by molar-refractivity contribution is 0.215. The van der Waals surface area contributed by atoms with Gasteiger partial charge in [0.15, 0.2) is 0 Å². The highest BCUT2D eigenvalue weighted by atomic mass is 15.1. The summed E-state index contributed by atoms with van der Waals surface area (Å²) >= 11 is 0. The Bertz CT molecular complexity index is 139. The topological polar surface area (TPSA) is 18.5 Å². The lowest BCUT2D eigenvalue weighted by Gasteiger charge is -2.29. The van der Waals surface area contributed by atoms with Crippen LogP contribution in [-0.4, -0.2) is 63.7 Å². The summed E-state index contributed by atoms with van der Waals surface area (Å²) in [6.07, 6.45) is 2.73. The van der Waals surface area contributed by atoms with Gasteiger partial charge in [0, 0.05) is 13.1 Å². The van der Waals surface area contributed by atoms with Crippen LogP contribution in [0.25, 0.3) is 0 Å². The monoisotopic (exact) mass is 199 g/mol. The van der Waals surface area contributed by atoms with E-state index in [1.807, 2.05) is 0 Å². The normalized spacial score (nSPS) is 20.6. The lowest BCUT2D eigenvalue weighted by Crippen LogP contribution is -2.36. The van der Waals surface area contributed by atoms with Gasteiger partial charge in [-0.05, 0) is 59.5 Å². The SMILES string of the molecule is CN(C)CCNCC1CCN(C)CC1. The molecule has 0 unspecified atom stereocenters. The number of nitrogens with one attached hydrogen (secondary N) is 1. The van der Waals surface area contributed by atoms with E-state index in [4.69, 9.17) is 0 Å². The number of piperidine rings is 1. The zero-order valence-corrected chi connectivity index (χ0v) is 9.92. The molecule has 0 radical (unpaired) electrons. The number of likely N-dealkylation sites (N-methyl/N-ethyl adjacent to an activating group) is 1.